The summed E-state index contributed by atoms with van der Waals surface area (Å²) in [6.07, 6.45) is 0. The predicted molar refractivity (Wildman–Crippen MR) is 65.6 cm³/mol. The lowest BCUT2D eigenvalue weighted by Crippen LogP contribution is -2.34. The molecule has 0 aliphatic heterocycles. The molecule has 0 spiro atoms. The monoisotopic (exact) mass is 343 g/mol. The van der Waals surface area contributed by atoms with Gasteiger partial charge in [0.2, 0.25) is 10.0 Å². The highest BCUT2D eigenvalue weighted by Gasteiger charge is 2.27. The van der Waals surface area contributed by atoms with Crippen LogP contribution in [0.25, 0.3) is 0 Å². The van der Waals surface area contributed by atoms with Crippen molar-refractivity contribution < 1.29 is 22.3 Å². The molecule has 0 amide bonds. The summed E-state index contributed by atoms with van der Waals surface area (Å²) in [5.74, 6) is -2.04. The van der Waals surface area contributed by atoms with E-state index in [0.717, 1.165) is 10.4 Å². The molecule has 0 aliphatic rings. The first-order chi connectivity index (χ1) is 8.34. The van der Waals surface area contributed by atoms with Crippen molar-refractivity contribution in [2.45, 2.75) is 11.8 Å². The molecule has 0 atom stereocenters. The lowest BCUT2D eigenvalue weighted by atomic mass is 10.3. The molecule has 1 rings (SSSR count). The Labute approximate surface area is 112 Å². The van der Waals surface area contributed by atoms with Crippen LogP contribution in [0.5, 0.6) is 0 Å². The van der Waals surface area contributed by atoms with Crippen LogP contribution in [0.4, 0.5) is 8.78 Å². The maximum atomic E-state index is 13.5. The van der Waals surface area contributed by atoms with Gasteiger partial charge in [-0.2, -0.15) is 4.31 Å². The largest absolute Gasteiger partial charge is 0.395 e. The van der Waals surface area contributed by atoms with E-state index in [1.807, 2.05) is 0 Å². The maximum absolute atomic E-state index is 13.5. The van der Waals surface area contributed by atoms with E-state index in [9.17, 15) is 17.2 Å². The molecule has 0 unspecified atom stereocenters. The summed E-state index contributed by atoms with van der Waals surface area (Å²) < 4.78 is 51.5. The molecule has 0 aliphatic carbocycles. The van der Waals surface area contributed by atoms with Gasteiger partial charge in [-0.3, -0.25) is 0 Å². The number of hydrogen-bond donors (Lipinski definition) is 1. The van der Waals surface area contributed by atoms with E-state index < -0.39 is 26.6 Å². The topological polar surface area (TPSA) is 57.6 Å². The second-order valence-corrected chi connectivity index (χ2v) is 6.18. The number of sulfonamides is 1. The first-order valence-corrected chi connectivity index (χ1v) is 7.33. The van der Waals surface area contributed by atoms with E-state index in [1.165, 1.54) is 0 Å². The van der Waals surface area contributed by atoms with Crippen molar-refractivity contribution in [2.24, 2.45) is 0 Å². The van der Waals surface area contributed by atoms with Gasteiger partial charge < -0.3 is 5.11 Å². The van der Waals surface area contributed by atoms with Crippen molar-refractivity contribution in [3.63, 3.8) is 0 Å². The molecule has 0 bridgehead atoms. The number of likely N-dealkylation sites (N-methyl/N-ethyl adjacent to an activating group) is 1. The van der Waals surface area contributed by atoms with Crippen LogP contribution in [-0.4, -0.2) is 37.5 Å². The zero-order valence-electron chi connectivity index (χ0n) is 9.53. The van der Waals surface area contributed by atoms with Crippen LogP contribution in [-0.2, 0) is 10.0 Å². The summed E-state index contributed by atoms with van der Waals surface area (Å²) in [5, 5.41) is 8.78. The smallest absolute Gasteiger partial charge is 0.246 e. The minimum atomic E-state index is -4.08. The summed E-state index contributed by atoms with van der Waals surface area (Å²) in [6.45, 7) is 1.12. The summed E-state index contributed by atoms with van der Waals surface area (Å²) in [4.78, 5) is -0.619. The molecular weight excluding hydrogens is 332 g/mol. The Morgan fingerprint density at radius 3 is 2.44 bits per heavy atom. The van der Waals surface area contributed by atoms with Crippen molar-refractivity contribution >= 4 is 26.0 Å². The van der Waals surface area contributed by atoms with Gasteiger partial charge in [0, 0.05) is 19.2 Å². The SMILES string of the molecule is CCN(CCO)S(=O)(=O)c1cc(Br)c(F)cc1F. The second-order valence-electron chi connectivity index (χ2n) is 3.42. The molecule has 18 heavy (non-hydrogen) atoms. The highest BCUT2D eigenvalue weighted by atomic mass is 79.9. The van der Waals surface area contributed by atoms with Crippen LogP contribution in [0.15, 0.2) is 21.5 Å². The molecular formula is C10H12BrF2NO3S. The fraction of sp³-hybridized carbons (Fsp3) is 0.400. The lowest BCUT2D eigenvalue weighted by Gasteiger charge is -2.19. The van der Waals surface area contributed by atoms with E-state index >= 15 is 0 Å². The van der Waals surface area contributed by atoms with Crippen LogP contribution in [0.3, 0.4) is 0 Å². The summed E-state index contributed by atoms with van der Waals surface area (Å²) in [6, 6.07) is 1.38. The molecule has 8 heteroatoms. The zero-order chi connectivity index (χ0) is 13.9. The fourth-order valence-corrected chi connectivity index (χ4v) is 3.41. The van der Waals surface area contributed by atoms with Crippen molar-refractivity contribution in [1.82, 2.24) is 4.31 Å². The summed E-state index contributed by atoms with van der Waals surface area (Å²) in [5.41, 5.74) is 0. The van der Waals surface area contributed by atoms with Gasteiger partial charge in [-0.05, 0) is 22.0 Å². The number of aliphatic hydroxyl groups excluding tert-OH is 1. The standard InChI is InChI=1S/C10H12BrF2NO3S/c1-2-14(3-4-15)18(16,17)10-5-7(11)8(12)6-9(10)13/h5-6,15H,2-4H2,1H3. The molecule has 0 fully saturated rings. The van der Waals surface area contributed by atoms with Gasteiger partial charge in [-0.25, -0.2) is 17.2 Å². The third kappa shape index (κ3) is 3.05. The highest BCUT2D eigenvalue weighted by molar-refractivity contribution is 9.10. The van der Waals surface area contributed by atoms with Crippen LogP contribution >= 0.6 is 15.9 Å². The quantitative estimate of drug-likeness (QED) is 0.828. The lowest BCUT2D eigenvalue weighted by molar-refractivity contribution is 0.256. The highest BCUT2D eigenvalue weighted by Crippen LogP contribution is 2.25. The third-order valence-electron chi connectivity index (χ3n) is 2.29. The molecule has 0 aromatic heterocycles. The van der Waals surface area contributed by atoms with E-state index in [4.69, 9.17) is 5.11 Å². The number of hydrogen-bond acceptors (Lipinski definition) is 3. The zero-order valence-corrected chi connectivity index (χ0v) is 11.9. The average molecular weight is 344 g/mol. The molecule has 4 nitrogen and oxygen atoms in total. The van der Waals surface area contributed by atoms with Crippen LogP contribution in [0.2, 0.25) is 0 Å². The van der Waals surface area contributed by atoms with Gasteiger partial charge >= 0.3 is 0 Å². The van der Waals surface area contributed by atoms with Gasteiger partial charge in [0.05, 0.1) is 11.1 Å². The van der Waals surface area contributed by atoms with E-state index in [2.05, 4.69) is 15.9 Å². The van der Waals surface area contributed by atoms with Gasteiger partial charge in [-0.15, -0.1) is 0 Å². The summed E-state index contributed by atoms with van der Waals surface area (Å²) >= 11 is 2.81. The Balaban J connectivity index is 3.32. The Hall–Kier alpha value is -0.570. The number of halogens is 3. The first kappa shape index (κ1) is 15.5. The normalized spacial score (nSPS) is 12.1. The Bertz CT molecular complexity index is 536. The number of benzene rings is 1. The Kier molecular flexibility index (Phi) is 5.20. The van der Waals surface area contributed by atoms with Gasteiger partial charge in [-0.1, -0.05) is 6.92 Å². The first-order valence-electron chi connectivity index (χ1n) is 5.10. The second kappa shape index (κ2) is 6.05. The minimum absolute atomic E-state index is 0.0807. The third-order valence-corrected chi connectivity index (χ3v) is 4.89. The van der Waals surface area contributed by atoms with Crippen LogP contribution < -0.4 is 0 Å². The van der Waals surface area contributed by atoms with Gasteiger partial charge in [0.1, 0.15) is 16.5 Å². The Morgan fingerprint density at radius 2 is 1.94 bits per heavy atom. The van der Waals surface area contributed by atoms with Crippen molar-refractivity contribution in [2.75, 3.05) is 19.7 Å². The van der Waals surface area contributed by atoms with E-state index in [0.29, 0.717) is 6.07 Å². The van der Waals surface area contributed by atoms with Crippen molar-refractivity contribution in [1.29, 1.82) is 0 Å². The van der Waals surface area contributed by atoms with Crippen molar-refractivity contribution in [3.8, 4) is 0 Å². The average Bonchev–Trinajstić information content (AvgIpc) is 2.30. The fourth-order valence-electron chi connectivity index (χ4n) is 1.40. The molecule has 0 saturated carbocycles. The number of aliphatic hydroxyl groups is 1. The predicted octanol–water partition coefficient (Wildman–Crippen LogP) is 1.73. The molecule has 102 valence electrons. The maximum Gasteiger partial charge on any atom is 0.246 e. The molecule has 0 radical (unpaired) electrons. The summed E-state index contributed by atoms with van der Waals surface area (Å²) in [7, 11) is -4.08. The van der Waals surface area contributed by atoms with E-state index in [-0.39, 0.29) is 24.2 Å². The molecule has 1 N–H and O–H groups in total. The van der Waals surface area contributed by atoms with Crippen molar-refractivity contribution in [3.05, 3.63) is 28.2 Å². The van der Waals surface area contributed by atoms with Crippen LogP contribution in [0.1, 0.15) is 6.92 Å². The van der Waals surface area contributed by atoms with Gasteiger partial charge in [0.25, 0.3) is 0 Å². The number of nitrogens with zero attached hydrogens (tertiary/aromatic N) is 1. The molecule has 1 aromatic rings. The Morgan fingerprint density at radius 1 is 1.33 bits per heavy atom. The molecule has 0 heterocycles. The van der Waals surface area contributed by atoms with E-state index in [1.54, 1.807) is 6.92 Å². The minimum Gasteiger partial charge on any atom is -0.395 e. The number of rotatable bonds is 5. The molecule has 0 saturated heterocycles. The van der Waals surface area contributed by atoms with Gasteiger partial charge in [0.15, 0.2) is 0 Å². The van der Waals surface area contributed by atoms with Crippen LogP contribution in [0, 0.1) is 11.6 Å². The molecule has 1 aromatic carbocycles.